The van der Waals surface area contributed by atoms with Gasteiger partial charge in [-0.3, -0.25) is 4.68 Å². The lowest BCUT2D eigenvalue weighted by molar-refractivity contribution is 0.297. The quantitative estimate of drug-likeness (QED) is 0.441. The maximum Gasteiger partial charge on any atom is 0.246 e. The number of sulfonamides is 1. The van der Waals surface area contributed by atoms with E-state index in [-0.39, 0.29) is 4.90 Å². The predicted molar refractivity (Wildman–Crippen MR) is 121 cm³/mol. The van der Waals surface area contributed by atoms with Crippen LogP contribution in [-0.4, -0.2) is 56.9 Å². The molecule has 174 valence electrons. The van der Waals surface area contributed by atoms with Crippen molar-refractivity contribution in [1.29, 1.82) is 0 Å². The van der Waals surface area contributed by atoms with Crippen LogP contribution in [0.25, 0.3) is 0 Å². The van der Waals surface area contributed by atoms with Gasteiger partial charge in [0.1, 0.15) is 10.6 Å². The van der Waals surface area contributed by atoms with E-state index >= 15 is 0 Å². The lowest BCUT2D eigenvalue weighted by atomic mass is 10.3. The van der Waals surface area contributed by atoms with E-state index in [0.717, 1.165) is 19.1 Å². The van der Waals surface area contributed by atoms with Crippen LogP contribution in [0.5, 0.6) is 5.75 Å². The first kappa shape index (κ1) is 25.4. The fourth-order valence-corrected chi connectivity index (χ4v) is 6.07. The SMILES string of the molecule is CCCN(CCC)S(=O)(=O)c1c(C)nn(CCCOc2ccc(S(C)(=O)=O)cc2)c1C. The second-order valence-electron chi connectivity index (χ2n) is 7.57. The van der Waals surface area contributed by atoms with Crippen molar-refractivity contribution in [2.75, 3.05) is 26.0 Å². The molecule has 0 saturated heterocycles. The van der Waals surface area contributed by atoms with E-state index in [9.17, 15) is 16.8 Å². The highest BCUT2D eigenvalue weighted by atomic mass is 32.2. The smallest absolute Gasteiger partial charge is 0.246 e. The van der Waals surface area contributed by atoms with Gasteiger partial charge in [-0.2, -0.15) is 9.40 Å². The molecule has 0 aliphatic heterocycles. The van der Waals surface area contributed by atoms with Gasteiger partial charge in [0.15, 0.2) is 9.84 Å². The van der Waals surface area contributed by atoms with Crippen molar-refractivity contribution in [3.63, 3.8) is 0 Å². The Bertz CT molecular complexity index is 1070. The minimum absolute atomic E-state index is 0.247. The summed E-state index contributed by atoms with van der Waals surface area (Å²) in [5.74, 6) is 0.582. The molecule has 0 unspecified atom stereocenters. The maximum absolute atomic E-state index is 13.2. The molecule has 10 heteroatoms. The van der Waals surface area contributed by atoms with Crippen molar-refractivity contribution in [2.24, 2.45) is 0 Å². The van der Waals surface area contributed by atoms with E-state index in [0.29, 0.717) is 54.7 Å². The Morgan fingerprint density at radius 2 is 1.58 bits per heavy atom. The summed E-state index contributed by atoms with van der Waals surface area (Å²) in [4.78, 5) is 0.545. The van der Waals surface area contributed by atoms with Crippen LogP contribution in [0.4, 0.5) is 0 Å². The molecule has 0 amide bonds. The van der Waals surface area contributed by atoms with Crippen LogP contribution in [0.15, 0.2) is 34.1 Å². The molecule has 0 fully saturated rings. The molecule has 0 atom stereocenters. The van der Waals surface area contributed by atoms with Crippen molar-refractivity contribution in [1.82, 2.24) is 14.1 Å². The first-order valence-corrected chi connectivity index (χ1v) is 13.8. The van der Waals surface area contributed by atoms with Crippen LogP contribution >= 0.6 is 0 Å². The Labute approximate surface area is 186 Å². The van der Waals surface area contributed by atoms with Gasteiger partial charge in [-0.15, -0.1) is 0 Å². The third-order valence-electron chi connectivity index (χ3n) is 4.89. The number of hydrogen-bond donors (Lipinski definition) is 0. The number of aromatic nitrogens is 2. The lowest BCUT2D eigenvalue weighted by Crippen LogP contribution is -2.33. The summed E-state index contributed by atoms with van der Waals surface area (Å²) in [6.45, 7) is 9.35. The Balaban J connectivity index is 2.04. The molecule has 0 radical (unpaired) electrons. The Kier molecular flexibility index (Phi) is 8.67. The van der Waals surface area contributed by atoms with Gasteiger partial charge in [0.2, 0.25) is 10.0 Å². The van der Waals surface area contributed by atoms with Gasteiger partial charge in [0.05, 0.1) is 22.9 Å². The zero-order valence-electron chi connectivity index (χ0n) is 19.0. The van der Waals surface area contributed by atoms with E-state index in [1.807, 2.05) is 13.8 Å². The fourth-order valence-electron chi connectivity index (χ4n) is 3.44. The average Bonchev–Trinajstić information content (AvgIpc) is 2.98. The summed E-state index contributed by atoms with van der Waals surface area (Å²) in [5, 5.41) is 4.45. The summed E-state index contributed by atoms with van der Waals surface area (Å²) < 4.78 is 58.3. The summed E-state index contributed by atoms with van der Waals surface area (Å²) in [6.07, 6.45) is 3.31. The Morgan fingerprint density at radius 3 is 2.10 bits per heavy atom. The number of sulfone groups is 1. The largest absolute Gasteiger partial charge is 0.494 e. The van der Waals surface area contributed by atoms with Crippen molar-refractivity contribution in [2.45, 2.75) is 63.3 Å². The van der Waals surface area contributed by atoms with Gasteiger partial charge in [-0.25, -0.2) is 16.8 Å². The molecule has 1 aromatic carbocycles. The summed E-state index contributed by atoms with van der Waals surface area (Å²) in [6, 6.07) is 6.28. The highest BCUT2D eigenvalue weighted by molar-refractivity contribution is 7.90. The van der Waals surface area contributed by atoms with Gasteiger partial charge in [-0.05, 0) is 51.0 Å². The zero-order valence-corrected chi connectivity index (χ0v) is 20.6. The van der Waals surface area contributed by atoms with Gasteiger partial charge in [0, 0.05) is 32.3 Å². The number of ether oxygens (including phenoxy) is 1. The summed E-state index contributed by atoms with van der Waals surface area (Å²) in [5.41, 5.74) is 1.14. The monoisotopic (exact) mass is 471 g/mol. The van der Waals surface area contributed by atoms with E-state index in [4.69, 9.17) is 4.74 Å². The Morgan fingerprint density at radius 1 is 1.00 bits per heavy atom. The second kappa shape index (κ2) is 10.6. The average molecular weight is 472 g/mol. The minimum atomic E-state index is -3.59. The van der Waals surface area contributed by atoms with Crippen LogP contribution < -0.4 is 4.74 Å². The van der Waals surface area contributed by atoms with Gasteiger partial charge in [-0.1, -0.05) is 13.8 Å². The van der Waals surface area contributed by atoms with E-state index in [1.165, 1.54) is 16.4 Å². The van der Waals surface area contributed by atoms with Crippen LogP contribution in [0, 0.1) is 13.8 Å². The first-order chi connectivity index (χ1) is 14.5. The van der Waals surface area contributed by atoms with E-state index in [1.54, 1.807) is 30.7 Å². The topological polar surface area (TPSA) is 98.6 Å². The Hall–Kier alpha value is -1.91. The molecule has 0 aliphatic carbocycles. The molecule has 8 nitrogen and oxygen atoms in total. The maximum atomic E-state index is 13.2. The standard InChI is InChI=1S/C21H33N3O5S2/c1-6-13-23(14-7-2)31(27,28)21-17(3)22-24(18(21)4)15-8-16-29-19-9-11-20(12-10-19)30(5,25)26/h9-12H,6-8,13-16H2,1-5H3. The molecule has 0 N–H and O–H groups in total. The van der Waals surface area contributed by atoms with Gasteiger partial charge >= 0.3 is 0 Å². The number of benzene rings is 1. The van der Waals surface area contributed by atoms with Crippen molar-refractivity contribution < 1.29 is 21.6 Å². The minimum Gasteiger partial charge on any atom is -0.494 e. The highest BCUT2D eigenvalue weighted by Gasteiger charge is 2.30. The lowest BCUT2D eigenvalue weighted by Gasteiger charge is -2.21. The molecule has 0 spiro atoms. The van der Waals surface area contributed by atoms with Crippen molar-refractivity contribution in [3.05, 3.63) is 35.7 Å². The summed E-state index contributed by atoms with van der Waals surface area (Å²) in [7, 11) is -6.82. The van der Waals surface area contributed by atoms with E-state index in [2.05, 4.69) is 5.10 Å². The molecule has 0 bridgehead atoms. The predicted octanol–water partition coefficient (Wildman–Crippen LogP) is 3.18. The zero-order chi connectivity index (χ0) is 23.2. The molecular formula is C21H33N3O5S2. The van der Waals surface area contributed by atoms with Crippen LogP contribution in [-0.2, 0) is 26.4 Å². The van der Waals surface area contributed by atoms with Crippen molar-refractivity contribution in [3.8, 4) is 5.75 Å². The second-order valence-corrected chi connectivity index (χ2v) is 11.5. The number of rotatable bonds is 12. The molecule has 31 heavy (non-hydrogen) atoms. The molecule has 2 rings (SSSR count). The van der Waals surface area contributed by atoms with Crippen LogP contribution in [0.2, 0.25) is 0 Å². The van der Waals surface area contributed by atoms with Gasteiger partial charge < -0.3 is 4.74 Å². The van der Waals surface area contributed by atoms with Crippen LogP contribution in [0.3, 0.4) is 0 Å². The van der Waals surface area contributed by atoms with Crippen molar-refractivity contribution >= 4 is 19.9 Å². The normalized spacial score (nSPS) is 12.5. The highest BCUT2D eigenvalue weighted by Crippen LogP contribution is 2.24. The number of nitrogens with zero attached hydrogens (tertiary/aromatic N) is 3. The fraction of sp³-hybridized carbons (Fsp3) is 0.571. The first-order valence-electron chi connectivity index (χ1n) is 10.5. The molecular weight excluding hydrogens is 438 g/mol. The summed E-state index contributed by atoms with van der Waals surface area (Å²) >= 11 is 0. The molecule has 1 heterocycles. The molecule has 0 aliphatic rings. The molecule has 0 saturated carbocycles. The molecule has 1 aromatic heterocycles. The third-order valence-corrected chi connectivity index (χ3v) is 8.17. The van der Waals surface area contributed by atoms with Gasteiger partial charge in [0.25, 0.3) is 0 Å². The molecule has 2 aromatic rings. The number of aryl methyl sites for hydroxylation is 2. The third kappa shape index (κ3) is 6.30. The number of hydrogen-bond acceptors (Lipinski definition) is 6. The van der Waals surface area contributed by atoms with Crippen LogP contribution in [0.1, 0.15) is 44.5 Å². The van der Waals surface area contributed by atoms with E-state index < -0.39 is 19.9 Å².